The molecule has 0 saturated carbocycles. The van der Waals surface area contributed by atoms with Crippen molar-refractivity contribution < 1.29 is 9.18 Å². The molecule has 0 aliphatic rings. The van der Waals surface area contributed by atoms with Gasteiger partial charge in [-0.1, -0.05) is 13.8 Å². The first kappa shape index (κ1) is 12.6. The van der Waals surface area contributed by atoms with Gasteiger partial charge in [-0.2, -0.15) is 0 Å². The fourth-order valence-electron chi connectivity index (χ4n) is 1.63. The molecule has 1 unspecified atom stereocenters. The third-order valence-electron chi connectivity index (χ3n) is 2.22. The lowest BCUT2D eigenvalue weighted by Gasteiger charge is -2.15. The Balaban J connectivity index is 2.63. The van der Waals surface area contributed by atoms with E-state index in [0.717, 1.165) is 12.6 Å². The van der Waals surface area contributed by atoms with Gasteiger partial charge in [0.05, 0.1) is 11.8 Å². The number of halogens is 1. The molecule has 1 aromatic heterocycles. The molecule has 1 atom stereocenters. The van der Waals surface area contributed by atoms with Crippen LogP contribution in [0, 0.1) is 11.7 Å². The summed E-state index contributed by atoms with van der Waals surface area (Å²) in [6.07, 6.45) is 3.32. The van der Waals surface area contributed by atoms with E-state index in [9.17, 15) is 9.18 Å². The van der Waals surface area contributed by atoms with Crippen LogP contribution in [0.5, 0.6) is 0 Å². The number of nitrogens with zero attached hydrogens (tertiary/aromatic N) is 1. The number of rotatable bonds is 4. The quantitative estimate of drug-likeness (QED) is 0.853. The van der Waals surface area contributed by atoms with Crippen LogP contribution in [0.3, 0.4) is 0 Å². The zero-order valence-corrected chi connectivity index (χ0v) is 9.83. The lowest BCUT2D eigenvalue weighted by molar-refractivity contribution is 0.0932. The Morgan fingerprint density at radius 2 is 2.19 bits per heavy atom. The van der Waals surface area contributed by atoms with Gasteiger partial charge < -0.3 is 5.32 Å². The molecule has 0 radical (unpaired) electrons. The highest BCUT2D eigenvalue weighted by Gasteiger charge is 2.14. The van der Waals surface area contributed by atoms with Crippen LogP contribution >= 0.6 is 0 Å². The van der Waals surface area contributed by atoms with Crippen molar-refractivity contribution in [3.63, 3.8) is 0 Å². The average molecular weight is 224 g/mol. The Labute approximate surface area is 95.1 Å². The summed E-state index contributed by atoms with van der Waals surface area (Å²) >= 11 is 0. The molecule has 0 bridgehead atoms. The number of carbonyl (C=O) groups excluding carboxylic acids is 1. The van der Waals surface area contributed by atoms with Gasteiger partial charge in [-0.05, 0) is 25.3 Å². The Bertz CT molecular complexity index is 366. The van der Waals surface area contributed by atoms with E-state index in [0.29, 0.717) is 5.92 Å². The predicted molar refractivity (Wildman–Crippen MR) is 60.6 cm³/mol. The number of carbonyl (C=O) groups is 1. The molecule has 0 fully saturated rings. The van der Waals surface area contributed by atoms with E-state index in [2.05, 4.69) is 24.1 Å². The first-order valence-corrected chi connectivity index (χ1v) is 5.41. The highest BCUT2D eigenvalue weighted by molar-refractivity contribution is 5.94. The monoisotopic (exact) mass is 224 g/mol. The van der Waals surface area contributed by atoms with Gasteiger partial charge in [0.25, 0.3) is 5.91 Å². The van der Waals surface area contributed by atoms with Crippen molar-refractivity contribution >= 4 is 5.91 Å². The van der Waals surface area contributed by atoms with Crippen LogP contribution in [-0.2, 0) is 0 Å². The van der Waals surface area contributed by atoms with Gasteiger partial charge in [0.2, 0.25) is 0 Å². The summed E-state index contributed by atoms with van der Waals surface area (Å²) in [7, 11) is 0. The van der Waals surface area contributed by atoms with Gasteiger partial charge in [0.1, 0.15) is 0 Å². The van der Waals surface area contributed by atoms with Crippen molar-refractivity contribution in [2.24, 2.45) is 5.92 Å². The van der Waals surface area contributed by atoms with Crippen molar-refractivity contribution in [2.75, 3.05) is 0 Å². The van der Waals surface area contributed by atoms with Gasteiger partial charge in [-0.25, -0.2) is 4.39 Å². The largest absolute Gasteiger partial charge is 0.349 e. The van der Waals surface area contributed by atoms with Crippen molar-refractivity contribution in [3.8, 4) is 0 Å². The van der Waals surface area contributed by atoms with Crippen LogP contribution in [-0.4, -0.2) is 16.9 Å². The molecule has 1 rings (SSSR count). The molecule has 0 spiro atoms. The lowest BCUT2D eigenvalue weighted by atomic mass is 10.0. The average Bonchev–Trinajstić information content (AvgIpc) is 2.16. The van der Waals surface area contributed by atoms with Crippen LogP contribution in [0.1, 0.15) is 37.6 Å². The second kappa shape index (κ2) is 5.58. The van der Waals surface area contributed by atoms with E-state index in [1.165, 1.54) is 12.3 Å². The third kappa shape index (κ3) is 3.61. The molecule has 3 nitrogen and oxygen atoms in total. The van der Waals surface area contributed by atoms with Crippen LogP contribution in [0.2, 0.25) is 0 Å². The Morgan fingerprint density at radius 3 is 2.75 bits per heavy atom. The van der Waals surface area contributed by atoms with Gasteiger partial charge in [0.15, 0.2) is 5.82 Å². The zero-order valence-electron chi connectivity index (χ0n) is 9.83. The summed E-state index contributed by atoms with van der Waals surface area (Å²) in [5, 5.41) is 2.76. The smallest absolute Gasteiger partial charge is 0.254 e. The summed E-state index contributed by atoms with van der Waals surface area (Å²) in [5.74, 6) is -0.470. The van der Waals surface area contributed by atoms with Crippen molar-refractivity contribution in [3.05, 3.63) is 29.8 Å². The van der Waals surface area contributed by atoms with Crippen LogP contribution < -0.4 is 5.32 Å². The second-order valence-corrected chi connectivity index (χ2v) is 4.36. The number of aromatic nitrogens is 1. The molecule has 0 aromatic carbocycles. The molecule has 1 aromatic rings. The van der Waals surface area contributed by atoms with Gasteiger partial charge >= 0.3 is 0 Å². The summed E-state index contributed by atoms with van der Waals surface area (Å²) in [6, 6.07) is 1.42. The Morgan fingerprint density at radius 1 is 1.50 bits per heavy atom. The van der Waals surface area contributed by atoms with Crippen LogP contribution in [0.15, 0.2) is 18.5 Å². The molecule has 1 heterocycles. The number of nitrogens with one attached hydrogen (secondary N) is 1. The minimum Gasteiger partial charge on any atom is -0.349 e. The summed E-state index contributed by atoms with van der Waals surface area (Å²) < 4.78 is 13.2. The van der Waals surface area contributed by atoms with E-state index in [-0.39, 0.29) is 17.5 Å². The van der Waals surface area contributed by atoms with Crippen molar-refractivity contribution in [1.82, 2.24) is 10.3 Å². The standard InChI is InChI=1S/C12H17FN2O/c1-8(2)6-9(3)15-12(16)10-4-5-14-7-11(10)13/h4-5,7-9H,6H2,1-3H3,(H,15,16). The number of pyridine rings is 1. The molecule has 1 N–H and O–H groups in total. The summed E-state index contributed by atoms with van der Waals surface area (Å²) in [6.45, 7) is 6.07. The predicted octanol–water partition coefficient (Wildman–Crippen LogP) is 2.39. The van der Waals surface area contributed by atoms with E-state index >= 15 is 0 Å². The third-order valence-corrected chi connectivity index (χ3v) is 2.22. The molecule has 0 saturated heterocycles. The molecule has 1 amide bonds. The fraction of sp³-hybridized carbons (Fsp3) is 0.500. The fourth-order valence-corrected chi connectivity index (χ4v) is 1.63. The van der Waals surface area contributed by atoms with Gasteiger partial charge in [-0.3, -0.25) is 9.78 Å². The molecule has 0 aliphatic carbocycles. The maximum absolute atomic E-state index is 13.2. The minimum atomic E-state index is -0.586. The van der Waals surface area contributed by atoms with Gasteiger partial charge in [-0.15, -0.1) is 0 Å². The molecule has 88 valence electrons. The lowest BCUT2D eigenvalue weighted by Crippen LogP contribution is -2.34. The van der Waals surface area contributed by atoms with Crippen LogP contribution in [0.4, 0.5) is 4.39 Å². The van der Waals surface area contributed by atoms with Gasteiger partial charge in [0, 0.05) is 12.2 Å². The SMILES string of the molecule is CC(C)CC(C)NC(=O)c1ccncc1F. The number of amides is 1. The normalized spacial score (nSPS) is 12.6. The summed E-state index contributed by atoms with van der Waals surface area (Å²) in [4.78, 5) is 15.3. The number of hydrogen-bond acceptors (Lipinski definition) is 2. The molecular formula is C12H17FN2O. The van der Waals surface area contributed by atoms with E-state index in [4.69, 9.17) is 0 Å². The minimum absolute atomic E-state index is 0.0417. The van der Waals surface area contributed by atoms with Crippen molar-refractivity contribution in [2.45, 2.75) is 33.2 Å². The Kier molecular flexibility index (Phi) is 4.40. The maximum atomic E-state index is 13.2. The van der Waals surface area contributed by atoms with E-state index in [1.54, 1.807) is 0 Å². The highest BCUT2D eigenvalue weighted by Crippen LogP contribution is 2.07. The number of hydrogen-bond donors (Lipinski definition) is 1. The van der Waals surface area contributed by atoms with E-state index in [1.807, 2.05) is 6.92 Å². The van der Waals surface area contributed by atoms with E-state index < -0.39 is 5.82 Å². The Hall–Kier alpha value is -1.45. The molecular weight excluding hydrogens is 207 g/mol. The first-order chi connectivity index (χ1) is 7.50. The topological polar surface area (TPSA) is 42.0 Å². The van der Waals surface area contributed by atoms with Crippen LogP contribution in [0.25, 0.3) is 0 Å². The summed E-state index contributed by atoms with van der Waals surface area (Å²) in [5.41, 5.74) is 0.0469. The second-order valence-electron chi connectivity index (χ2n) is 4.36. The molecule has 4 heteroatoms. The molecule has 0 aliphatic heterocycles. The maximum Gasteiger partial charge on any atom is 0.254 e. The zero-order chi connectivity index (χ0) is 12.1. The first-order valence-electron chi connectivity index (χ1n) is 5.41. The van der Waals surface area contributed by atoms with Crippen molar-refractivity contribution in [1.29, 1.82) is 0 Å². The molecule has 16 heavy (non-hydrogen) atoms. The highest BCUT2D eigenvalue weighted by atomic mass is 19.1.